The highest BCUT2D eigenvalue weighted by molar-refractivity contribution is 8.09. The summed E-state index contributed by atoms with van der Waals surface area (Å²) >= 11 is 0.426. The van der Waals surface area contributed by atoms with E-state index >= 15 is 0 Å². The van der Waals surface area contributed by atoms with Gasteiger partial charge in [-0.25, -0.2) is 4.79 Å². The average molecular weight is 135 g/mol. The van der Waals surface area contributed by atoms with Crippen LogP contribution in [0.5, 0.6) is 0 Å². The lowest BCUT2D eigenvalue weighted by atomic mass is 11.3. The predicted octanol–water partition coefficient (Wildman–Crippen LogP) is -0.377. The molecule has 6 heteroatoms. The van der Waals surface area contributed by atoms with Crippen LogP contribution in [0.25, 0.3) is 0 Å². The molecule has 0 bridgehead atoms. The highest BCUT2D eigenvalue weighted by Gasteiger charge is 1.94. The minimum atomic E-state index is -0.954. The fourth-order valence-corrected chi connectivity index (χ4v) is 0.258. The van der Waals surface area contributed by atoms with Crippen molar-refractivity contribution in [2.24, 2.45) is 11.5 Å². The minimum absolute atomic E-state index is 0.302. The summed E-state index contributed by atoms with van der Waals surface area (Å²) in [4.78, 5) is 9.73. The Morgan fingerprint density at radius 1 is 1.62 bits per heavy atom. The van der Waals surface area contributed by atoms with Gasteiger partial charge in [0.25, 0.3) is 0 Å². The van der Waals surface area contributed by atoms with Crippen LogP contribution in [0.1, 0.15) is 0 Å². The summed E-state index contributed by atoms with van der Waals surface area (Å²) in [5.74, 6) is 0. The van der Waals surface area contributed by atoms with Crippen molar-refractivity contribution in [3.05, 3.63) is 0 Å². The molecule has 0 heterocycles. The van der Waals surface area contributed by atoms with Gasteiger partial charge in [0.2, 0.25) is 0 Å². The third kappa shape index (κ3) is 5.09. The first-order chi connectivity index (χ1) is 3.63. The van der Waals surface area contributed by atoms with Gasteiger partial charge < -0.3 is 15.7 Å². The van der Waals surface area contributed by atoms with Gasteiger partial charge in [-0.1, -0.05) is 0 Å². The van der Waals surface area contributed by atoms with Gasteiger partial charge in [-0.3, -0.25) is 5.41 Å². The maximum absolute atomic E-state index is 9.73. The maximum atomic E-state index is 9.73. The second-order valence-electron chi connectivity index (χ2n) is 0.850. The van der Waals surface area contributed by atoms with Crippen LogP contribution in [0.15, 0.2) is 0 Å². The number of nitrogens with one attached hydrogen (secondary N) is 1. The molecule has 8 heavy (non-hydrogen) atoms. The Bertz CT molecular complexity index is 99.9. The SMILES string of the molecule is N=C(N)SOC(N)=O. The lowest BCUT2D eigenvalue weighted by Gasteiger charge is -1.92. The van der Waals surface area contributed by atoms with Crippen LogP contribution < -0.4 is 11.5 Å². The largest absolute Gasteiger partial charge is 0.417 e. The van der Waals surface area contributed by atoms with Crippen molar-refractivity contribution in [3.8, 4) is 0 Å². The molecule has 0 aromatic heterocycles. The normalized spacial score (nSPS) is 8.00. The molecule has 0 radical (unpaired) electrons. The van der Waals surface area contributed by atoms with E-state index in [9.17, 15) is 4.79 Å². The van der Waals surface area contributed by atoms with Crippen molar-refractivity contribution in [1.82, 2.24) is 0 Å². The van der Waals surface area contributed by atoms with E-state index in [2.05, 4.69) is 9.92 Å². The number of rotatable bonds is 0. The van der Waals surface area contributed by atoms with Gasteiger partial charge in [0.05, 0.1) is 0 Å². The van der Waals surface area contributed by atoms with Crippen molar-refractivity contribution in [1.29, 1.82) is 5.41 Å². The lowest BCUT2D eigenvalue weighted by molar-refractivity contribution is 0.219. The molecule has 0 fully saturated rings. The topological polar surface area (TPSA) is 102 Å². The van der Waals surface area contributed by atoms with Gasteiger partial charge in [0.1, 0.15) is 12.0 Å². The molecular weight excluding hydrogens is 130 g/mol. The number of amides is 1. The number of carbonyl (C=O) groups excluding carboxylic acids is 1. The van der Waals surface area contributed by atoms with Gasteiger partial charge >= 0.3 is 6.09 Å². The number of hydrogen-bond donors (Lipinski definition) is 3. The Kier molecular flexibility index (Phi) is 2.78. The van der Waals surface area contributed by atoms with Gasteiger partial charge in [-0.05, 0) is 0 Å². The van der Waals surface area contributed by atoms with E-state index in [1.807, 2.05) is 0 Å². The Balaban J connectivity index is 3.18. The molecular formula is C2H5N3O2S. The van der Waals surface area contributed by atoms with E-state index in [0.29, 0.717) is 12.0 Å². The van der Waals surface area contributed by atoms with Gasteiger partial charge in [-0.15, -0.1) is 0 Å². The fourth-order valence-electron chi connectivity index (χ4n) is 0.0860. The van der Waals surface area contributed by atoms with E-state index < -0.39 is 6.09 Å². The summed E-state index contributed by atoms with van der Waals surface area (Å²) in [6.45, 7) is 0. The number of hydrogen-bond acceptors (Lipinski definition) is 4. The van der Waals surface area contributed by atoms with Gasteiger partial charge in [0.15, 0.2) is 5.17 Å². The van der Waals surface area contributed by atoms with Crippen molar-refractivity contribution in [2.75, 3.05) is 0 Å². The quantitative estimate of drug-likeness (QED) is 0.239. The molecule has 0 unspecified atom stereocenters. The van der Waals surface area contributed by atoms with Crippen molar-refractivity contribution in [3.63, 3.8) is 0 Å². The van der Waals surface area contributed by atoms with Crippen LogP contribution in [0.2, 0.25) is 0 Å². The third-order valence-electron chi connectivity index (χ3n) is 0.214. The predicted molar refractivity (Wildman–Crippen MR) is 30.2 cm³/mol. The number of nitrogens with two attached hydrogens (primary N) is 2. The molecule has 0 aliphatic rings. The molecule has 0 spiro atoms. The second kappa shape index (κ2) is 3.14. The number of primary amides is 1. The molecule has 1 amide bonds. The molecule has 0 aliphatic carbocycles. The summed E-state index contributed by atoms with van der Waals surface area (Å²) in [7, 11) is 0. The van der Waals surface area contributed by atoms with E-state index in [0.717, 1.165) is 0 Å². The third-order valence-corrected chi connectivity index (χ3v) is 0.641. The molecule has 0 atom stereocenters. The van der Waals surface area contributed by atoms with Crippen molar-refractivity contribution < 1.29 is 8.98 Å². The molecule has 5 N–H and O–H groups in total. The monoisotopic (exact) mass is 135 g/mol. The van der Waals surface area contributed by atoms with E-state index in [1.165, 1.54) is 0 Å². The second-order valence-corrected chi connectivity index (χ2v) is 1.62. The van der Waals surface area contributed by atoms with Crippen LogP contribution in [-0.4, -0.2) is 11.3 Å². The van der Waals surface area contributed by atoms with Crippen molar-refractivity contribution in [2.45, 2.75) is 0 Å². The van der Waals surface area contributed by atoms with Crippen molar-refractivity contribution >= 4 is 23.3 Å². The summed E-state index contributed by atoms with van der Waals surface area (Å²) < 4.78 is 4.01. The Labute approximate surface area is 50.1 Å². The molecule has 5 nitrogen and oxygen atoms in total. The molecule has 0 rings (SSSR count). The standard InChI is InChI=1S/C2H5N3O2S/c3-1(4)8-7-2(5)6/h(H3,3,4)(H2,5,6). The van der Waals surface area contributed by atoms with Crippen LogP contribution >= 0.6 is 12.0 Å². The minimum Gasteiger partial charge on any atom is -0.376 e. The Morgan fingerprint density at radius 2 is 2.12 bits per heavy atom. The first-order valence-electron chi connectivity index (χ1n) is 1.61. The van der Waals surface area contributed by atoms with Crippen LogP contribution in [-0.2, 0) is 4.18 Å². The van der Waals surface area contributed by atoms with Crippen LogP contribution in [0, 0.1) is 5.41 Å². The summed E-state index contributed by atoms with van der Waals surface area (Å²) in [6.07, 6.45) is -0.954. The zero-order valence-corrected chi connectivity index (χ0v) is 4.70. The summed E-state index contributed by atoms with van der Waals surface area (Å²) in [6, 6.07) is 0. The molecule has 0 saturated heterocycles. The smallest absolute Gasteiger partial charge is 0.376 e. The first-order valence-corrected chi connectivity index (χ1v) is 2.35. The van der Waals surface area contributed by atoms with Crippen LogP contribution in [0.4, 0.5) is 4.79 Å². The zero-order valence-electron chi connectivity index (χ0n) is 3.88. The highest BCUT2D eigenvalue weighted by atomic mass is 32.2. The fraction of sp³-hybridized carbons (Fsp3) is 0. The van der Waals surface area contributed by atoms with E-state index in [4.69, 9.17) is 11.1 Å². The Morgan fingerprint density at radius 3 is 2.25 bits per heavy atom. The van der Waals surface area contributed by atoms with E-state index in [-0.39, 0.29) is 5.17 Å². The average Bonchev–Trinajstić information content (AvgIpc) is 1.61. The number of carbonyl (C=O) groups is 1. The summed E-state index contributed by atoms with van der Waals surface area (Å²) in [5, 5.41) is 6.19. The first kappa shape index (κ1) is 7.09. The molecule has 46 valence electrons. The number of amidine groups is 1. The molecule has 0 saturated carbocycles. The summed E-state index contributed by atoms with van der Waals surface area (Å²) in [5.41, 5.74) is 9.26. The highest BCUT2D eigenvalue weighted by Crippen LogP contribution is 1.97. The molecule has 0 aromatic rings. The lowest BCUT2D eigenvalue weighted by Crippen LogP contribution is -2.12. The molecule has 0 aromatic carbocycles. The zero-order chi connectivity index (χ0) is 6.57. The van der Waals surface area contributed by atoms with Gasteiger partial charge in [0, 0.05) is 0 Å². The van der Waals surface area contributed by atoms with Crippen LogP contribution in [0.3, 0.4) is 0 Å². The molecule has 0 aliphatic heterocycles. The van der Waals surface area contributed by atoms with E-state index in [1.54, 1.807) is 0 Å². The maximum Gasteiger partial charge on any atom is 0.417 e. The van der Waals surface area contributed by atoms with Gasteiger partial charge in [-0.2, -0.15) is 0 Å². The Hall–Kier alpha value is -0.910.